The number of rotatable bonds is 7. The highest BCUT2D eigenvalue weighted by atomic mass is 16.5. The SMILES string of the molecule is O=C(O)CCOc1cccc(-n2c(=O)n(Cc3ccccc3)c(=O)c3cccnc32)c1. The average molecular weight is 417 g/mol. The van der Waals surface area contributed by atoms with Gasteiger partial charge in [0.1, 0.15) is 5.75 Å². The van der Waals surface area contributed by atoms with E-state index in [1.165, 1.54) is 15.3 Å². The van der Waals surface area contributed by atoms with Crippen LogP contribution in [0.5, 0.6) is 5.75 Å². The van der Waals surface area contributed by atoms with Gasteiger partial charge in [-0.15, -0.1) is 0 Å². The number of carbonyl (C=O) groups is 1. The van der Waals surface area contributed by atoms with Gasteiger partial charge in [0.25, 0.3) is 5.56 Å². The number of aliphatic carboxylic acids is 1. The predicted octanol–water partition coefficient (Wildman–Crippen LogP) is 2.45. The summed E-state index contributed by atoms with van der Waals surface area (Å²) in [5, 5.41) is 9.11. The van der Waals surface area contributed by atoms with Crippen LogP contribution in [0.2, 0.25) is 0 Å². The van der Waals surface area contributed by atoms with E-state index in [0.717, 1.165) is 5.56 Å². The van der Waals surface area contributed by atoms with Crippen molar-refractivity contribution in [1.82, 2.24) is 14.1 Å². The molecule has 0 aliphatic rings. The predicted molar refractivity (Wildman–Crippen MR) is 115 cm³/mol. The van der Waals surface area contributed by atoms with Gasteiger partial charge in [-0.2, -0.15) is 0 Å². The number of carboxylic acid groups (broad SMARTS) is 1. The lowest BCUT2D eigenvalue weighted by molar-refractivity contribution is -0.137. The van der Waals surface area contributed by atoms with Crippen molar-refractivity contribution < 1.29 is 14.6 Å². The first-order valence-electron chi connectivity index (χ1n) is 9.64. The lowest BCUT2D eigenvalue weighted by atomic mass is 10.2. The van der Waals surface area contributed by atoms with Gasteiger partial charge in [-0.25, -0.2) is 14.3 Å². The zero-order valence-electron chi connectivity index (χ0n) is 16.5. The third kappa shape index (κ3) is 4.23. The van der Waals surface area contributed by atoms with E-state index >= 15 is 0 Å². The summed E-state index contributed by atoms with van der Waals surface area (Å²) in [6.45, 7) is 0.123. The Balaban J connectivity index is 1.85. The van der Waals surface area contributed by atoms with Crippen LogP contribution in [0.15, 0.2) is 82.5 Å². The van der Waals surface area contributed by atoms with Gasteiger partial charge < -0.3 is 9.84 Å². The van der Waals surface area contributed by atoms with Crippen molar-refractivity contribution in [3.63, 3.8) is 0 Å². The van der Waals surface area contributed by atoms with Crippen molar-refractivity contribution >= 4 is 17.0 Å². The van der Waals surface area contributed by atoms with E-state index in [0.29, 0.717) is 16.8 Å². The Morgan fingerprint density at radius 1 is 1.00 bits per heavy atom. The summed E-state index contributed by atoms with van der Waals surface area (Å²) in [7, 11) is 0. The van der Waals surface area contributed by atoms with Crippen LogP contribution in [0.4, 0.5) is 0 Å². The zero-order chi connectivity index (χ0) is 21.8. The highest BCUT2D eigenvalue weighted by Crippen LogP contribution is 2.18. The van der Waals surface area contributed by atoms with E-state index in [4.69, 9.17) is 9.84 Å². The largest absolute Gasteiger partial charge is 0.493 e. The minimum atomic E-state index is -0.962. The molecule has 8 nitrogen and oxygen atoms in total. The summed E-state index contributed by atoms with van der Waals surface area (Å²) in [6, 6.07) is 19.2. The van der Waals surface area contributed by atoms with E-state index in [2.05, 4.69) is 4.98 Å². The molecule has 0 spiro atoms. The molecule has 1 N–H and O–H groups in total. The number of aromatic nitrogens is 3. The second kappa shape index (κ2) is 8.66. The van der Waals surface area contributed by atoms with Crippen LogP contribution < -0.4 is 16.0 Å². The minimum absolute atomic E-state index is 0.000187. The van der Waals surface area contributed by atoms with E-state index < -0.39 is 17.2 Å². The smallest absolute Gasteiger partial charge is 0.337 e. The van der Waals surface area contributed by atoms with E-state index in [1.807, 2.05) is 30.3 Å². The maximum Gasteiger partial charge on any atom is 0.337 e. The molecule has 0 unspecified atom stereocenters. The highest BCUT2D eigenvalue weighted by Gasteiger charge is 2.16. The summed E-state index contributed by atoms with van der Waals surface area (Å²) in [5.41, 5.74) is 0.583. The average Bonchev–Trinajstić information content (AvgIpc) is 2.78. The molecule has 4 rings (SSSR count). The topological polar surface area (TPSA) is 103 Å². The molecule has 0 saturated carbocycles. The van der Waals surface area contributed by atoms with Crippen LogP contribution in [0.1, 0.15) is 12.0 Å². The summed E-state index contributed by atoms with van der Waals surface area (Å²) >= 11 is 0. The number of ether oxygens (including phenoxy) is 1. The van der Waals surface area contributed by atoms with Gasteiger partial charge in [-0.3, -0.25) is 14.2 Å². The number of benzene rings is 2. The second-order valence-corrected chi connectivity index (χ2v) is 6.86. The van der Waals surface area contributed by atoms with Gasteiger partial charge in [0.2, 0.25) is 0 Å². The van der Waals surface area contributed by atoms with E-state index in [-0.39, 0.29) is 25.2 Å². The third-order valence-corrected chi connectivity index (χ3v) is 4.74. The molecule has 0 amide bonds. The Morgan fingerprint density at radius 2 is 1.81 bits per heavy atom. The Bertz CT molecular complexity index is 1360. The Labute approximate surface area is 176 Å². The Kier molecular flexibility index (Phi) is 5.61. The third-order valence-electron chi connectivity index (χ3n) is 4.74. The lowest BCUT2D eigenvalue weighted by Gasteiger charge is -2.14. The summed E-state index contributed by atoms with van der Waals surface area (Å²) in [5.74, 6) is -0.550. The quantitative estimate of drug-likeness (QED) is 0.495. The molecule has 0 fully saturated rings. The fraction of sp³-hybridized carbons (Fsp3) is 0.130. The van der Waals surface area contributed by atoms with Crippen molar-refractivity contribution in [2.45, 2.75) is 13.0 Å². The second-order valence-electron chi connectivity index (χ2n) is 6.86. The normalized spacial score (nSPS) is 10.8. The fourth-order valence-corrected chi connectivity index (χ4v) is 3.29. The van der Waals surface area contributed by atoms with E-state index in [1.54, 1.807) is 36.4 Å². The maximum absolute atomic E-state index is 13.4. The Hall–Kier alpha value is -4.20. The van der Waals surface area contributed by atoms with Crippen LogP contribution in [-0.2, 0) is 11.3 Å². The standard InChI is InChI=1S/C23H19N3O5/c27-20(28)11-13-31-18-9-4-8-17(14-18)26-21-19(10-5-12-24-21)22(29)25(23(26)30)15-16-6-2-1-3-7-16/h1-10,12,14H,11,13,15H2,(H,27,28). The molecule has 0 atom stereocenters. The van der Waals surface area contributed by atoms with E-state index in [9.17, 15) is 14.4 Å². The van der Waals surface area contributed by atoms with Crippen molar-refractivity contribution in [3.05, 3.63) is 99.3 Å². The number of hydrogen-bond donors (Lipinski definition) is 1. The highest BCUT2D eigenvalue weighted by molar-refractivity contribution is 5.75. The molecule has 156 valence electrons. The summed E-state index contributed by atoms with van der Waals surface area (Å²) in [4.78, 5) is 41.4. The molecule has 0 aliphatic carbocycles. The van der Waals surface area contributed by atoms with Crippen LogP contribution >= 0.6 is 0 Å². The monoisotopic (exact) mass is 417 g/mol. The van der Waals surface area contributed by atoms with Gasteiger partial charge in [-0.1, -0.05) is 36.4 Å². The summed E-state index contributed by atoms with van der Waals surface area (Å²) in [6.07, 6.45) is 1.38. The first-order chi connectivity index (χ1) is 15.0. The first-order valence-corrected chi connectivity index (χ1v) is 9.64. The maximum atomic E-state index is 13.4. The molecular weight excluding hydrogens is 398 g/mol. The number of hydrogen-bond acceptors (Lipinski definition) is 5. The molecule has 0 aliphatic heterocycles. The molecule has 2 heterocycles. The van der Waals surface area contributed by atoms with Crippen molar-refractivity contribution in [3.8, 4) is 11.4 Å². The van der Waals surface area contributed by atoms with Gasteiger partial charge in [0.05, 0.1) is 30.6 Å². The number of pyridine rings is 1. The van der Waals surface area contributed by atoms with Crippen LogP contribution in [0.3, 0.4) is 0 Å². The van der Waals surface area contributed by atoms with Gasteiger partial charge in [0, 0.05) is 12.3 Å². The lowest BCUT2D eigenvalue weighted by Crippen LogP contribution is -2.40. The molecular formula is C23H19N3O5. The van der Waals surface area contributed by atoms with Crippen molar-refractivity contribution in [2.75, 3.05) is 6.61 Å². The van der Waals surface area contributed by atoms with Crippen molar-refractivity contribution in [2.24, 2.45) is 0 Å². The first kappa shape index (κ1) is 20.1. The van der Waals surface area contributed by atoms with Gasteiger partial charge in [0.15, 0.2) is 5.65 Å². The number of nitrogens with zero attached hydrogens (tertiary/aromatic N) is 3. The minimum Gasteiger partial charge on any atom is -0.493 e. The van der Waals surface area contributed by atoms with Crippen LogP contribution in [-0.4, -0.2) is 31.8 Å². The molecule has 4 aromatic rings. The van der Waals surface area contributed by atoms with Crippen LogP contribution in [0, 0.1) is 0 Å². The van der Waals surface area contributed by atoms with Crippen molar-refractivity contribution in [1.29, 1.82) is 0 Å². The molecule has 2 aromatic carbocycles. The summed E-state index contributed by atoms with van der Waals surface area (Å²) < 4.78 is 8.04. The number of fused-ring (bicyclic) bond motifs is 1. The van der Waals surface area contributed by atoms with Gasteiger partial charge >= 0.3 is 11.7 Å². The molecule has 0 radical (unpaired) electrons. The van der Waals surface area contributed by atoms with Gasteiger partial charge in [-0.05, 0) is 29.8 Å². The fourth-order valence-electron chi connectivity index (χ4n) is 3.29. The van der Waals surface area contributed by atoms with Crippen LogP contribution in [0.25, 0.3) is 16.7 Å². The molecule has 8 heteroatoms. The molecule has 31 heavy (non-hydrogen) atoms. The number of carboxylic acids is 1. The molecule has 2 aromatic heterocycles. The zero-order valence-corrected chi connectivity index (χ0v) is 16.5. The molecule has 0 saturated heterocycles. The Morgan fingerprint density at radius 3 is 2.58 bits per heavy atom. The molecule has 0 bridgehead atoms.